The van der Waals surface area contributed by atoms with E-state index in [9.17, 15) is 4.79 Å². The van der Waals surface area contributed by atoms with Crippen molar-refractivity contribution < 1.29 is 9.53 Å². The highest BCUT2D eigenvalue weighted by Crippen LogP contribution is 2.30. The van der Waals surface area contributed by atoms with Crippen LogP contribution in [0.1, 0.15) is 10.4 Å². The van der Waals surface area contributed by atoms with Gasteiger partial charge in [0.25, 0.3) is 5.91 Å². The normalized spacial score (nSPS) is 14.8. The number of rotatable bonds is 2. The standard InChI is InChI=1S/C10H9Cl2NO2/c11-4-5-13-6-15-8-3-1-2-7(12)9(8)10(13)14/h1-3H,4-6H2. The predicted molar refractivity (Wildman–Crippen MR) is 58.7 cm³/mol. The number of amides is 1. The van der Waals surface area contributed by atoms with Gasteiger partial charge in [0, 0.05) is 12.4 Å². The van der Waals surface area contributed by atoms with Crippen molar-refractivity contribution in [3.63, 3.8) is 0 Å². The highest BCUT2D eigenvalue weighted by molar-refractivity contribution is 6.34. The van der Waals surface area contributed by atoms with Gasteiger partial charge in [-0.05, 0) is 12.1 Å². The summed E-state index contributed by atoms with van der Waals surface area (Å²) in [6.07, 6.45) is 0. The lowest BCUT2D eigenvalue weighted by Crippen LogP contribution is -2.39. The Morgan fingerprint density at radius 1 is 1.47 bits per heavy atom. The molecule has 0 saturated carbocycles. The van der Waals surface area contributed by atoms with Crippen LogP contribution in [0.25, 0.3) is 0 Å². The lowest BCUT2D eigenvalue weighted by molar-refractivity contribution is 0.0540. The molecule has 0 unspecified atom stereocenters. The molecule has 1 aromatic rings. The van der Waals surface area contributed by atoms with Gasteiger partial charge in [0.05, 0.1) is 5.02 Å². The summed E-state index contributed by atoms with van der Waals surface area (Å²) < 4.78 is 5.40. The van der Waals surface area contributed by atoms with Gasteiger partial charge in [-0.25, -0.2) is 0 Å². The van der Waals surface area contributed by atoms with E-state index in [1.807, 2.05) is 0 Å². The average Bonchev–Trinajstić information content (AvgIpc) is 2.22. The zero-order valence-corrected chi connectivity index (χ0v) is 9.38. The summed E-state index contributed by atoms with van der Waals surface area (Å²) in [6.45, 7) is 0.698. The quantitative estimate of drug-likeness (QED) is 0.749. The first-order valence-corrected chi connectivity index (χ1v) is 5.42. The van der Waals surface area contributed by atoms with Crippen molar-refractivity contribution in [2.45, 2.75) is 0 Å². The van der Waals surface area contributed by atoms with Crippen LogP contribution < -0.4 is 4.74 Å². The van der Waals surface area contributed by atoms with Crippen LogP contribution in [0, 0.1) is 0 Å². The Morgan fingerprint density at radius 3 is 3.00 bits per heavy atom. The summed E-state index contributed by atoms with van der Waals surface area (Å²) in [7, 11) is 0. The van der Waals surface area contributed by atoms with E-state index in [-0.39, 0.29) is 12.6 Å². The van der Waals surface area contributed by atoms with E-state index in [1.165, 1.54) is 4.90 Å². The number of ether oxygens (including phenoxy) is 1. The van der Waals surface area contributed by atoms with Crippen molar-refractivity contribution in [1.82, 2.24) is 4.90 Å². The first kappa shape index (κ1) is 10.6. The van der Waals surface area contributed by atoms with E-state index in [1.54, 1.807) is 18.2 Å². The number of halogens is 2. The summed E-state index contributed by atoms with van der Waals surface area (Å²) in [6, 6.07) is 5.16. The summed E-state index contributed by atoms with van der Waals surface area (Å²) >= 11 is 11.5. The first-order chi connectivity index (χ1) is 7.24. The second-order valence-electron chi connectivity index (χ2n) is 3.14. The van der Waals surface area contributed by atoms with Crippen molar-refractivity contribution in [3.8, 4) is 5.75 Å². The van der Waals surface area contributed by atoms with E-state index < -0.39 is 0 Å². The summed E-state index contributed by atoms with van der Waals surface area (Å²) in [5.41, 5.74) is 0.426. The van der Waals surface area contributed by atoms with Gasteiger partial charge in [0.2, 0.25) is 0 Å². The fourth-order valence-electron chi connectivity index (χ4n) is 1.46. The molecular formula is C10H9Cl2NO2. The first-order valence-electron chi connectivity index (χ1n) is 4.50. The fourth-order valence-corrected chi connectivity index (χ4v) is 1.92. The molecule has 15 heavy (non-hydrogen) atoms. The molecule has 5 heteroatoms. The number of alkyl halides is 1. The maximum atomic E-state index is 11.9. The van der Waals surface area contributed by atoms with E-state index in [0.717, 1.165) is 0 Å². The molecule has 1 aliphatic heterocycles. The minimum atomic E-state index is -0.123. The van der Waals surface area contributed by atoms with Crippen LogP contribution in [0.5, 0.6) is 5.75 Å². The van der Waals surface area contributed by atoms with Gasteiger partial charge in [0.1, 0.15) is 11.3 Å². The zero-order chi connectivity index (χ0) is 10.8. The Bertz CT molecular complexity index is 395. The van der Waals surface area contributed by atoms with Crippen LogP contribution in [0.3, 0.4) is 0 Å². The van der Waals surface area contributed by atoms with E-state index in [4.69, 9.17) is 27.9 Å². The van der Waals surface area contributed by atoms with Crippen LogP contribution >= 0.6 is 23.2 Å². The van der Waals surface area contributed by atoms with Crippen molar-refractivity contribution in [1.29, 1.82) is 0 Å². The molecule has 0 aliphatic carbocycles. The molecule has 1 amide bonds. The molecule has 1 aromatic carbocycles. The van der Waals surface area contributed by atoms with Gasteiger partial charge in [-0.15, -0.1) is 11.6 Å². The topological polar surface area (TPSA) is 29.5 Å². The van der Waals surface area contributed by atoms with Crippen LogP contribution in [-0.4, -0.2) is 30.0 Å². The second-order valence-corrected chi connectivity index (χ2v) is 3.93. The third kappa shape index (κ3) is 1.90. The van der Waals surface area contributed by atoms with Crippen molar-refractivity contribution in [2.75, 3.05) is 19.2 Å². The van der Waals surface area contributed by atoms with Crippen LogP contribution in [0.4, 0.5) is 0 Å². The Kier molecular flexibility index (Phi) is 3.03. The SMILES string of the molecule is O=C1c2c(Cl)cccc2OCN1CCCl. The zero-order valence-electron chi connectivity index (χ0n) is 7.87. The van der Waals surface area contributed by atoms with Gasteiger partial charge in [-0.1, -0.05) is 17.7 Å². The number of benzene rings is 1. The number of carbonyl (C=O) groups is 1. The number of fused-ring (bicyclic) bond motifs is 1. The molecule has 0 N–H and O–H groups in total. The van der Waals surface area contributed by atoms with Crippen molar-refractivity contribution >= 4 is 29.1 Å². The fraction of sp³-hybridized carbons (Fsp3) is 0.300. The number of carbonyl (C=O) groups excluding carboxylic acids is 1. The molecule has 0 radical (unpaired) electrons. The van der Waals surface area contributed by atoms with Gasteiger partial charge in [-0.3, -0.25) is 4.79 Å². The number of nitrogens with zero attached hydrogens (tertiary/aromatic N) is 1. The molecule has 1 aliphatic rings. The minimum Gasteiger partial charge on any atom is -0.472 e. The molecule has 80 valence electrons. The highest BCUT2D eigenvalue weighted by Gasteiger charge is 2.27. The Labute approximate surface area is 97.5 Å². The van der Waals surface area contributed by atoms with Crippen LogP contribution in [0.2, 0.25) is 5.02 Å². The molecule has 2 rings (SSSR count). The summed E-state index contributed by atoms with van der Waals surface area (Å²) in [5.74, 6) is 0.801. The Hall–Kier alpha value is -0.930. The predicted octanol–water partition coefficient (Wildman–Crippen LogP) is 2.37. The molecule has 0 bridgehead atoms. The van der Waals surface area contributed by atoms with Gasteiger partial charge >= 0.3 is 0 Å². The summed E-state index contributed by atoms with van der Waals surface area (Å²) in [4.78, 5) is 13.5. The molecular weight excluding hydrogens is 237 g/mol. The van der Waals surface area contributed by atoms with E-state index in [2.05, 4.69) is 0 Å². The Balaban J connectivity index is 2.36. The van der Waals surface area contributed by atoms with Crippen LogP contribution in [0.15, 0.2) is 18.2 Å². The highest BCUT2D eigenvalue weighted by atomic mass is 35.5. The average molecular weight is 246 g/mol. The van der Waals surface area contributed by atoms with Gasteiger partial charge in [-0.2, -0.15) is 0 Å². The largest absolute Gasteiger partial charge is 0.472 e. The van der Waals surface area contributed by atoms with Crippen molar-refractivity contribution in [3.05, 3.63) is 28.8 Å². The van der Waals surface area contributed by atoms with Gasteiger partial charge in [0.15, 0.2) is 6.73 Å². The minimum absolute atomic E-state index is 0.123. The maximum absolute atomic E-state index is 11.9. The molecule has 0 atom stereocenters. The molecule has 0 aromatic heterocycles. The Morgan fingerprint density at radius 2 is 2.27 bits per heavy atom. The molecule has 0 fully saturated rings. The molecule has 0 spiro atoms. The molecule has 0 saturated heterocycles. The van der Waals surface area contributed by atoms with E-state index >= 15 is 0 Å². The lowest BCUT2D eigenvalue weighted by atomic mass is 10.1. The molecule has 1 heterocycles. The second kappa shape index (κ2) is 4.29. The third-order valence-electron chi connectivity index (χ3n) is 2.21. The lowest BCUT2D eigenvalue weighted by Gasteiger charge is -2.28. The monoisotopic (exact) mass is 245 g/mol. The third-order valence-corrected chi connectivity index (χ3v) is 2.69. The summed E-state index contributed by atoms with van der Waals surface area (Å²) in [5, 5.41) is 0.414. The number of hydrogen-bond acceptors (Lipinski definition) is 2. The molecule has 3 nitrogen and oxygen atoms in total. The van der Waals surface area contributed by atoms with E-state index in [0.29, 0.717) is 28.8 Å². The number of hydrogen-bond donors (Lipinski definition) is 0. The van der Waals surface area contributed by atoms with Crippen molar-refractivity contribution in [2.24, 2.45) is 0 Å². The van der Waals surface area contributed by atoms with Gasteiger partial charge < -0.3 is 9.64 Å². The smallest absolute Gasteiger partial charge is 0.261 e. The maximum Gasteiger partial charge on any atom is 0.261 e. The van der Waals surface area contributed by atoms with Crippen LogP contribution in [-0.2, 0) is 0 Å².